The summed E-state index contributed by atoms with van der Waals surface area (Å²) in [4.78, 5) is 12.0. The Bertz CT molecular complexity index is 628. The highest BCUT2D eigenvalue weighted by molar-refractivity contribution is 5.78. The number of carbonyl (C=O) groups excluding carboxylic acids is 1. The predicted octanol–water partition coefficient (Wildman–Crippen LogP) is 3.62. The molecule has 0 heterocycles. The van der Waals surface area contributed by atoms with Crippen molar-refractivity contribution >= 4 is 11.6 Å². The van der Waals surface area contributed by atoms with Crippen LogP contribution in [0.2, 0.25) is 0 Å². The maximum atomic E-state index is 13.1. The molecular weight excluding hydrogens is 291 g/mol. The van der Waals surface area contributed by atoms with Crippen molar-refractivity contribution in [3.63, 3.8) is 0 Å². The lowest BCUT2D eigenvalue weighted by Gasteiger charge is -2.24. The maximum absolute atomic E-state index is 13.1. The molecule has 1 unspecified atom stereocenters. The van der Waals surface area contributed by atoms with Gasteiger partial charge in [-0.25, -0.2) is 4.39 Å². The van der Waals surface area contributed by atoms with Gasteiger partial charge >= 0.3 is 0 Å². The van der Waals surface area contributed by atoms with Gasteiger partial charge in [0.2, 0.25) is 5.91 Å². The number of nitrogens with one attached hydrogen (secondary N) is 2. The molecule has 2 aromatic carbocycles. The smallest absolute Gasteiger partial charge is 0.224 e. The van der Waals surface area contributed by atoms with E-state index in [-0.39, 0.29) is 24.2 Å². The van der Waals surface area contributed by atoms with E-state index in [9.17, 15) is 9.18 Å². The molecule has 0 radical (unpaired) electrons. The van der Waals surface area contributed by atoms with Crippen LogP contribution in [0.5, 0.6) is 0 Å². The molecule has 0 aromatic heterocycles. The number of benzene rings is 2. The lowest BCUT2D eigenvalue weighted by atomic mass is 10.0. The Labute approximate surface area is 136 Å². The van der Waals surface area contributed by atoms with Crippen LogP contribution in [0, 0.1) is 11.7 Å². The van der Waals surface area contributed by atoms with Crippen LogP contribution >= 0.6 is 0 Å². The van der Waals surface area contributed by atoms with Crippen LogP contribution in [0.25, 0.3) is 0 Å². The minimum atomic E-state index is -0.318. The first-order valence-corrected chi connectivity index (χ1v) is 7.87. The zero-order valence-corrected chi connectivity index (χ0v) is 13.6. The van der Waals surface area contributed by atoms with Crippen molar-refractivity contribution in [1.29, 1.82) is 0 Å². The zero-order valence-electron chi connectivity index (χ0n) is 13.6. The summed E-state index contributed by atoms with van der Waals surface area (Å²) in [6.45, 7) is 4.75. The summed E-state index contributed by atoms with van der Waals surface area (Å²) < 4.78 is 13.1. The van der Waals surface area contributed by atoms with Gasteiger partial charge in [-0.05, 0) is 35.7 Å². The first-order chi connectivity index (χ1) is 11.0. The van der Waals surface area contributed by atoms with E-state index in [1.165, 1.54) is 12.1 Å². The van der Waals surface area contributed by atoms with Gasteiger partial charge in [0.1, 0.15) is 5.82 Å². The van der Waals surface area contributed by atoms with Gasteiger partial charge in [0.05, 0.1) is 6.42 Å². The molecule has 4 heteroatoms. The molecule has 1 atom stereocenters. The SMILES string of the molecule is CC(C)C(CNC(=O)Cc1cccc(F)c1)Nc1ccccc1. The van der Waals surface area contributed by atoms with Crippen LogP contribution in [0.1, 0.15) is 19.4 Å². The molecule has 122 valence electrons. The molecule has 0 saturated carbocycles. The highest BCUT2D eigenvalue weighted by atomic mass is 19.1. The summed E-state index contributed by atoms with van der Waals surface area (Å²) in [6, 6.07) is 16.2. The minimum absolute atomic E-state index is 0.101. The van der Waals surface area contributed by atoms with Crippen molar-refractivity contribution in [3.05, 3.63) is 66.0 Å². The molecule has 23 heavy (non-hydrogen) atoms. The number of rotatable bonds is 7. The van der Waals surface area contributed by atoms with E-state index in [1.807, 2.05) is 30.3 Å². The fraction of sp³-hybridized carbons (Fsp3) is 0.316. The van der Waals surface area contributed by atoms with Crippen LogP contribution in [0.4, 0.5) is 10.1 Å². The molecule has 0 saturated heterocycles. The van der Waals surface area contributed by atoms with E-state index in [0.29, 0.717) is 18.0 Å². The highest BCUT2D eigenvalue weighted by Crippen LogP contribution is 2.12. The number of halogens is 1. The Hall–Kier alpha value is -2.36. The Morgan fingerprint density at radius 2 is 1.83 bits per heavy atom. The second kappa shape index (κ2) is 8.32. The van der Waals surface area contributed by atoms with E-state index in [0.717, 1.165) is 5.69 Å². The first kappa shape index (κ1) is 17.0. The summed E-state index contributed by atoms with van der Waals surface area (Å²) >= 11 is 0. The molecule has 3 nitrogen and oxygen atoms in total. The van der Waals surface area contributed by atoms with Crippen molar-refractivity contribution in [3.8, 4) is 0 Å². The fourth-order valence-electron chi connectivity index (χ4n) is 2.32. The van der Waals surface area contributed by atoms with Gasteiger partial charge in [0, 0.05) is 18.3 Å². The fourth-order valence-corrected chi connectivity index (χ4v) is 2.32. The summed E-state index contributed by atoms with van der Waals surface area (Å²) in [7, 11) is 0. The number of hydrogen-bond acceptors (Lipinski definition) is 2. The van der Waals surface area contributed by atoms with Gasteiger partial charge in [-0.2, -0.15) is 0 Å². The Balaban J connectivity index is 1.87. The average Bonchev–Trinajstić information content (AvgIpc) is 2.52. The third-order valence-electron chi connectivity index (χ3n) is 3.70. The number of hydrogen-bond donors (Lipinski definition) is 2. The molecule has 1 amide bonds. The monoisotopic (exact) mass is 314 g/mol. The first-order valence-electron chi connectivity index (χ1n) is 7.87. The van der Waals surface area contributed by atoms with E-state index in [4.69, 9.17) is 0 Å². The molecule has 0 bridgehead atoms. The van der Waals surface area contributed by atoms with Gasteiger partial charge in [0.25, 0.3) is 0 Å². The van der Waals surface area contributed by atoms with E-state index < -0.39 is 0 Å². The van der Waals surface area contributed by atoms with Gasteiger partial charge in [0.15, 0.2) is 0 Å². The summed E-state index contributed by atoms with van der Waals surface area (Å²) in [5.74, 6) is -0.0538. The zero-order chi connectivity index (χ0) is 16.7. The third kappa shape index (κ3) is 5.74. The molecular formula is C19H23FN2O. The predicted molar refractivity (Wildman–Crippen MR) is 91.8 cm³/mol. The van der Waals surface area contributed by atoms with Crippen LogP contribution < -0.4 is 10.6 Å². The van der Waals surface area contributed by atoms with Crippen LogP contribution in [-0.4, -0.2) is 18.5 Å². The number of carbonyl (C=O) groups is 1. The van der Waals surface area contributed by atoms with E-state index in [2.05, 4.69) is 24.5 Å². The Kier molecular flexibility index (Phi) is 6.15. The van der Waals surface area contributed by atoms with Gasteiger partial charge in [-0.3, -0.25) is 4.79 Å². The van der Waals surface area contributed by atoms with Gasteiger partial charge in [-0.15, -0.1) is 0 Å². The third-order valence-corrected chi connectivity index (χ3v) is 3.70. The van der Waals surface area contributed by atoms with Gasteiger partial charge in [-0.1, -0.05) is 44.2 Å². The van der Waals surface area contributed by atoms with Crippen molar-refractivity contribution < 1.29 is 9.18 Å². The molecule has 2 N–H and O–H groups in total. The molecule has 2 rings (SSSR count). The normalized spacial score (nSPS) is 12.0. The lowest BCUT2D eigenvalue weighted by molar-refractivity contribution is -0.120. The largest absolute Gasteiger partial charge is 0.380 e. The highest BCUT2D eigenvalue weighted by Gasteiger charge is 2.14. The maximum Gasteiger partial charge on any atom is 0.224 e. The van der Waals surface area contributed by atoms with Crippen molar-refractivity contribution in [2.24, 2.45) is 5.92 Å². The van der Waals surface area contributed by atoms with Gasteiger partial charge < -0.3 is 10.6 Å². The van der Waals surface area contributed by atoms with Crippen LogP contribution in [0.15, 0.2) is 54.6 Å². The summed E-state index contributed by atoms with van der Waals surface area (Å²) in [6.07, 6.45) is 0.188. The number of para-hydroxylation sites is 1. The topological polar surface area (TPSA) is 41.1 Å². The van der Waals surface area contributed by atoms with Crippen molar-refractivity contribution in [2.75, 3.05) is 11.9 Å². The van der Waals surface area contributed by atoms with Crippen molar-refractivity contribution in [1.82, 2.24) is 5.32 Å². The van der Waals surface area contributed by atoms with Crippen LogP contribution in [0.3, 0.4) is 0 Å². The number of anilines is 1. The molecule has 0 spiro atoms. The Morgan fingerprint density at radius 1 is 1.09 bits per heavy atom. The molecule has 0 aliphatic heterocycles. The van der Waals surface area contributed by atoms with E-state index >= 15 is 0 Å². The van der Waals surface area contributed by atoms with Crippen LogP contribution in [-0.2, 0) is 11.2 Å². The standard InChI is InChI=1S/C19H23FN2O/c1-14(2)18(22-17-9-4-3-5-10-17)13-21-19(23)12-15-7-6-8-16(20)11-15/h3-11,14,18,22H,12-13H2,1-2H3,(H,21,23). The van der Waals surface area contributed by atoms with E-state index in [1.54, 1.807) is 12.1 Å². The molecule has 2 aromatic rings. The summed E-state index contributed by atoms with van der Waals surface area (Å²) in [5.41, 5.74) is 1.71. The number of amides is 1. The Morgan fingerprint density at radius 3 is 2.48 bits per heavy atom. The quantitative estimate of drug-likeness (QED) is 0.819. The van der Waals surface area contributed by atoms with Crippen molar-refractivity contribution in [2.45, 2.75) is 26.3 Å². The summed E-state index contributed by atoms with van der Waals surface area (Å²) in [5, 5.41) is 6.36. The molecule has 0 aliphatic carbocycles. The average molecular weight is 314 g/mol. The molecule has 0 fully saturated rings. The minimum Gasteiger partial charge on any atom is -0.380 e. The second-order valence-corrected chi connectivity index (χ2v) is 5.97. The lowest BCUT2D eigenvalue weighted by Crippen LogP contribution is -2.40. The second-order valence-electron chi connectivity index (χ2n) is 5.97. The molecule has 0 aliphatic rings.